The van der Waals surface area contributed by atoms with Crippen LogP contribution in [-0.2, 0) is 12.3 Å². The summed E-state index contributed by atoms with van der Waals surface area (Å²) in [5.41, 5.74) is 3.31. The maximum Gasteiger partial charge on any atom is 0.131 e. The van der Waals surface area contributed by atoms with Crippen molar-refractivity contribution in [3.05, 3.63) is 53.5 Å². The zero-order chi connectivity index (χ0) is 13.7. The van der Waals surface area contributed by atoms with Crippen molar-refractivity contribution in [1.82, 2.24) is 9.97 Å². The number of hydrogen-bond acceptors (Lipinski definition) is 3. The van der Waals surface area contributed by atoms with Gasteiger partial charge in [0.25, 0.3) is 0 Å². The summed E-state index contributed by atoms with van der Waals surface area (Å²) in [7, 11) is 2.05. The van der Waals surface area contributed by atoms with Crippen LogP contribution in [-0.4, -0.2) is 23.6 Å². The van der Waals surface area contributed by atoms with Crippen LogP contribution in [0.3, 0.4) is 0 Å². The van der Waals surface area contributed by atoms with Crippen LogP contribution in [0, 0.1) is 6.92 Å². The van der Waals surface area contributed by atoms with E-state index in [-0.39, 0.29) is 0 Å². The summed E-state index contributed by atoms with van der Waals surface area (Å²) < 4.78 is 0. The minimum atomic E-state index is 0.506. The van der Waals surface area contributed by atoms with Crippen molar-refractivity contribution >= 4 is 17.4 Å². The number of aryl methyl sites for hydroxylation is 1. The molecule has 0 saturated carbocycles. The second-order valence-corrected chi connectivity index (χ2v) is 4.88. The van der Waals surface area contributed by atoms with Gasteiger partial charge in [-0.1, -0.05) is 6.07 Å². The van der Waals surface area contributed by atoms with E-state index in [1.165, 1.54) is 0 Å². The van der Waals surface area contributed by atoms with Gasteiger partial charge in [0.05, 0.1) is 0 Å². The normalized spacial score (nSPS) is 10.5. The Morgan fingerprint density at radius 1 is 1.26 bits per heavy atom. The van der Waals surface area contributed by atoms with Crippen LogP contribution in [0.15, 0.2) is 36.7 Å². The first kappa shape index (κ1) is 13.8. The first-order chi connectivity index (χ1) is 9.20. The van der Waals surface area contributed by atoms with Gasteiger partial charge in [-0.25, -0.2) is 4.98 Å². The molecule has 0 aliphatic rings. The predicted octanol–water partition coefficient (Wildman–Crippen LogP) is 3.20. The van der Waals surface area contributed by atoms with Crippen molar-refractivity contribution in [3.63, 3.8) is 0 Å². The third-order valence-electron chi connectivity index (χ3n) is 3.05. The average molecular weight is 276 g/mol. The number of rotatable bonds is 5. The number of likely N-dealkylation sites (N-methyl/N-ethyl adjacent to an activating group) is 1. The fourth-order valence-electron chi connectivity index (χ4n) is 2.03. The fraction of sp³-hybridized carbons (Fsp3) is 0.333. The molecule has 0 saturated heterocycles. The second kappa shape index (κ2) is 6.53. The van der Waals surface area contributed by atoms with E-state index in [0.29, 0.717) is 5.88 Å². The molecule has 2 aromatic rings. The van der Waals surface area contributed by atoms with Gasteiger partial charge in [0, 0.05) is 44.0 Å². The van der Waals surface area contributed by atoms with Crippen molar-refractivity contribution in [2.24, 2.45) is 0 Å². The molecule has 2 rings (SSSR count). The average Bonchev–Trinajstić information content (AvgIpc) is 2.45. The van der Waals surface area contributed by atoms with Crippen molar-refractivity contribution < 1.29 is 0 Å². The van der Waals surface area contributed by atoms with Crippen LogP contribution in [0.2, 0.25) is 0 Å². The molecule has 3 nitrogen and oxygen atoms in total. The molecule has 0 fully saturated rings. The summed E-state index contributed by atoms with van der Waals surface area (Å²) in [5, 5.41) is 0. The van der Waals surface area contributed by atoms with E-state index >= 15 is 0 Å². The Morgan fingerprint density at radius 3 is 2.74 bits per heavy atom. The van der Waals surface area contributed by atoms with E-state index in [4.69, 9.17) is 11.6 Å². The largest absolute Gasteiger partial charge is 0.359 e. The lowest BCUT2D eigenvalue weighted by atomic mass is 10.2. The lowest BCUT2D eigenvalue weighted by molar-refractivity contribution is 0.834. The van der Waals surface area contributed by atoms with Gasteiger partial charge in [0.2, 0.25) is 0 Å². The molecule has 2 heterocycles. The SMILES string of the molecule is Cc1cc(CCl)cnc1N(C)CCc1ccccn1. The first-order valence-electron chi connectivity index (χ1n) is 6.33. The molecule has 0 aliphatic carbocycles. The Morgan fingerprint density at radius 2 is 2.11 bits per heavy atom. The number of aromatic nitrogens is 2. The van der Waals surface area contributed by atoms with Crippen molar-refractivity contribution in [2.45, 2.75) is 19.2 Å². The quantitative estimate of drug-likeness (QED) is 0.785. The number of alkyl halides is 1. The molecule has 0 N–H and O–H groups in total. The zero-order valence-corrected chi connectivity index (χ0v) is 12.1. The highest BCUT2D eigenvalue weighted by atomic mass is 35.5. The summed E-state index contributed by atoms with van der Waals surface area (Å²) in [4.78, 5) is 11.0. The maximum absolute atomic E-state index is 5.81. The van der Waals surface area contributed by atoms with E-state index < -0.39 is 0 Å². The molecule has 0 bridgehead atoms. The van der Waals surface area contributed by atoms with Crippen LogP contribution in [0.5, 0.6) is 0 Å². The molecule has 0 unspecified atom stereocenters. The molecule has 0 amide bonds. The van der Waals surface area contributed by atoms with Gasteiger partial charge >= 0.3 is 0 Å². The summed E-state index contributed by atoms with van der Waals surface area (Å²) in [5.74, 6) is 1.51. The standard InChI is InChI=1S/C15H18ClN3/c1-12-9-13(10-16)11-18-15(12)19(2)8-6-14-5-3-4-7-17-14/h3-5,7,9,11H,6,8,10H2,1-2H3. The molecule has 100 valence electrons. The summed E-state index contributed by atoms with van der Waals surface area (Å²) in [6.07, 6.45) is 4.58. The lowest BCUT2D eigenvalue weighted by Crippen LogP contribution is -2.22. The third-order valence-corrected chi connectivity index (χ3v) is 3.36. The highest BCUT2D eigenvalue weighted by Crippen LogP contribution is 2.17. The number of nitrogens with zero attached hydrogens (tertiary/aromatic N) is 3. The highest BCUT2D eigenvalue weighted by molar-refractivity contribution is 6.17. The number of pyridine rings is 2. The van der Waals surface area contributed by atoms with Gasteiger partial charge in [0.1, 0.15) is 5.82 Å². The zero-order valence-electron chi connectivity index (χ0n) is 11.3. The second-order valence-electron chi connectivity index (χ2n) is 4.61. The number of anilines is 1. The van der Waals surface area contributed by atoms with Gasteiger partial charge in [-0.2, -0.15) is 0 Å². The van der Waals surface area contributed by atoms with Crippen LogP contribution in [0.1, 0.15) is 16.8 Å². The minimum absolute atomic E-state index is 0.506. The topological polar surface area (TPSA) is 29.0 Å². The predicted molar refractivity (Wildman–Crippen MR) is 79.7 cm³/mol. The van der Waals surface area contributed by atoms with Crippen LogP contribution < -0.4 is 4.90 Å². The molecular weight excluding hydrogens is 258 g/mol. The van der Waals surface area contributed by atoms with Crippen LogP contribution in [0.4, 0.5) is 5.82 Å². The van der Waals surface area contributed by atoms with Gasteiger partial charge in [0.15, 0.2) is 0 Å². The molecule has 2 aromatic heterocycles. The lowest BCUT2D eigenvalue weighted by Gasteiger charge is -2.20. The molecule has 19 heavy (non-hydrogen) atoms. The van der Waals surface area contributed by atoms with Gasteiger partial charge < -0.3 is 4.90 Å². The highest BCUT2D eigenvalue weighted by Gasteiger charge is 2.07. The molecular formula is C15H18ClN3. The monoisotopic (exact) mass is 275 g/mol. The van der Waals surface area contributed by atoms with Crippen molar-refractivity contribution in [2.75, 3.05) is 18.5 Å². The maximum atomic E-state index is 5.81. The Kier molecular flexibility index (Phi) is 4.74. The summed E-state index contributed by atoms with van der Waals surface area (Å²) in [6, 6.07) is 8.09. The van der Waals surface area contributed by atoms with Gasteiger partial charge in [-0.15, -0.1) is 11.6 Å². The molecule has 0 radical (unpaired) electrons. The Bertz CT molecular complexity index is 528. The van der Waals surface area contributed by atoms with E-state index in [1.54, 1.807) is 0 Å². The molecule has 0 aliphatic heterocycles. The third kappa shape index (κ3) is 3.67. The Labute approximate surface area is 119 Å². The molecule has 0 atom stereocenters. The smallest absolute Gasteiger partial charge is 0.131 e. The van der Waals surface area contributed by atoms with E-state index in [0.717, 1.165) is 35.6 Å². The van der Waals surface area contributed by atoms with Crippen LogP contribution >= 0.6 is 11.6 Å². The molecule has 4 heteroatoms. The summed E-state index contributed by atoms with van der Waals surface area (Å²) in [6.45, 7) is 2.96. The first-order valence-corrected chi connectivity index (χ1v) is 6.86. The fourth-order valence-corrected chi connectivity index (χ4v) is 2.18. The van der Waals surface area contributed by atoms with E-state index in [9.17, 15) is 0 Å². The summed E-state index contributed by atoms with van der Waals surface area (Å²) >= 11 is 5.81. The van der Waals surface area contributed by atoms with E-state index in [2.05, 4.69) is 34.9 Å². The van der Waals surface area contributed by atoms with Crippen molar-refractivity contribution in [1.29, 1.82) is 0 Å². The van der Waals surface area contributed by atoms with Gasteiger partial charge in [-0.05, 0) is 36.2 Å². The molecule has 0 aromatic carbocycles. The van der Waals surface area contributed by atoms with Crippen molar-refractivity contribution in [3.8, 4) is 0 Å². The Balaban J connectivity index is 2.02. The minimum Gasteiger partial charge on any atom is -0.359 e. The number of halogens is 1. The Hall–Kier alpha value is -1.61. The number of hydrogen-bond donors (Lipinski definition) is 0. The van der Waals surface area contributed by atoms with E-state index in [1.807, 2.05) is 30.6 Å². The van der Waals surface area contributed by atoms with Crippen LogP contribution in [0.25, 0.3) is 0 Å². The van der Waals surface area contributed by atoms with Gasteiger partial charge in [-0.3, -0.25) is 4.98 Å². The molecule has 0 spiro atoms.